The van der Waals surface area contributed by atoms with Gasteiger partial charge in [-0.1, -0.05) is 44.2 Å². The van der Waals surface area contributed by atoms with Crippen molar-refractivity contribution in [1.29, 1.82) is 0 Å². The minimum Gasteiger partial charge on any atom is -0.462 e. The fourth-order valence-corrected chi connectivity index (χ4v) is 4.46. The Balaban J connectivity index is 1.83. The van der Waals surface area contributed by atoms with Crippen molar-refractivity contribution in [2.75, 3.05) is 13.2 Å². The number of thiophene rings is 1. The normalized spacial score (nSPS) is 16.8. The molecule has 0 saturated heterocycles. The molecular formula is C19H23NO2S. The summed E-state index contributed by atoms with van der Waals surface area (Å²) < 4.78 is 5.15. The summed E-state index contributed by atoms with van der Waals surface area (Å²) in [4.78, 5) is 16.5. The van der Waals surface area contributed by atoms with Gasteiger partial charge in [-0.05, 0) is 24.1 Å². The van der Waals surface area contributed by atoms with Crippen LogP contribution in [0.3, 0.4) is 0 Å². The van der Waals surface area contributed by atoms with E-state index in [2.05, 4.69) is 43.0 Å². The van der Waals surface area contributed by atoms with Crippen LogP contribution in [0.4, 0.5) is 0 Å². The van der Waals surface area contributed by atoms with Gasteiger partial charge in [-0.25, -0.2) is 4.79 Å². The second kappa shape index (κ2) is 6.46. The van der Waals surface area contributed by atoms with E-state index in [0.717, 1.165) is 24.5 Å². The van der Waals surface area contributed by atoms with Gasteiger partial charge in [0.2, 0.25) is 0 Å². The zero-order chi connectivity index (χ0) is 16.4. The first-order valence-corrected chi connectivity index (χ1v) is 8.88. The van der Waals surface area contributed by atoms with Crippen LogP contribution in [0.5, 0.6) is 0 Å². The van der Waals surface area contributed by atoms with Gasteiger partial charge < -0.3 is 4.74 Å². The molecule has 23 heavy (non-hydrogen) atoms. The van der Waals surface area contributed by atoms with Crippen molar-refractivity contribution >= 4 is 17.3 Å². The number of rotatable bonds is 4. The highest BCUT2D eigenvalue weighted by Crippen LogP contribution is 2.39. The van der Waals surface area contributed by atoms with Crippen LogP contribution in [0.25, 0.3) is 0 Å². The molecule has 3 nitrogen and oxygen atoms in total. The Kier molecular flexibility index (Phi) is 4.55. The maximum atomic E-state index is 12.0. The molecule has 0 amide bonds. The second-order valence-electron chi connectivity index (χ2n) is 6.70. The summed E-state index contributed by atoms with van der Waals surface area (Å²) >= 11 is 1.60. The van der Waals surface area contributed by atoms with Gasteiger partial charge in [0, 0.05) is 29.9 Å². The molecule has 0 aliphatic carbocycles. The van der Waals surface area contributed by atoms with E-state index in [-0.39, 0.29) is 11.4 Å². The van der Waals surface area contributed by atoms with Crippen LogP contribution in [0, 0.1) is 0 Å². The predicted octanol–water partition coefficient (Wildman–Crippen LogP) is 4.22. The minimum atomic E-state index is -0.197. The van der Waals surface area contributed by atoms with Crippen LogP contribution < -0.4 is 0 Å². The number of fused-ring (bicyclic) bond motifs is 1. The molecule has 2 aromatic rings. The van der Waals surface area contributed by atoms with E-state index in [1.54, 1.807) is 11.3 Å². The van der Waals surface area contributed by atoms with Crippen LogP contribution in [-0.2, 0) is 23.2 Å². The molecule has 2 heterocycles. The molecule has 0 radical (unpaired) electrons. The summed E-state index contributed by atoms with van der Waals surface area (Å²) in [6.45, 7) is 9.61. The van der Waals surface area contributed by atoms with E-state index in [1.807, 2.05) is 19.1 Å². The van der Waals surface area contributed by atoms with Crippen molar-refractivity contribution in [3.8, 4) is 0 Å². The number of ether oxygens (including phenoxy) is 1. The van der Waals surface area contributed by atoms with E-state index < -0.39 is 0 Å². The van der Waals surface area contributed by atoms with Gasteiger partial charge in [-0.2, -0.15) is 0 Å². The van der Waals surface area contributed by atoms with Crippen LogP contribution in [0.1, 0.15) is 46.4 Å². The van der Waals surface area contributed by atoms with Crippen LogP contribution in [-0.4, -0.2) is 24.0 Å². The Morgan fingerprint density at radius 2 is 2.04 bits per heavy atom. The highest BCUT2D eigenvalue weighted by molar-refractivity contribution is 7.14. The Morgan fingerprint density at radius 1 is 1.30 bits per heavy atom. The molecule has 1 aromatic carbocycles. The highest BCUT2D eigenvalue weighted by atomic mass is 32.1. The molecule has 1 aliphatic rings. The number of nitrogens with zero attached hydrogens (tertiary/aromatic N) is 1. The van der Waals surface area contributed by atoms with Crippen molar-refractivity contribution in [3.63, 3.8) is 0 Å². The van der Waals surface area contributed by atoms with Gasteiger partial charge in [0.1, 0.15) is 4.88 Å². The average molecular weight is 329 g/mol. The van der Waals surface area contributed by atoms with E-state index in [4.69, 9.17) is 4.74 Å². The van der Waals surface area contributed by atoms with Gasteiger partial charge in [0.25, 0.3) is 0 Å². The molecule has 1 aliphatic heterocycles. The zero-order valence-electron chi connectivity index (χ0n) is 14.0. The summed E-state index contributed by atoms with van der Waals surface area (Å²) in [6, 6.07) is 12.6. The van der Waals surface area contributed by atoms with Crippen LogP contribution >= 0.6 is 11.3 Å². The number of benzene rings is 1. The van der Waals surface area contributed by atoms with E-state index in [0.29, 0.717) is 6.61 Å². The second-order valence-corrected chi connectivity index (χ2v) is 7.75. The lowest BCUT2D eigenvalue weighted by molar-refractivity contribution is 0.0532. The van der Waals surface area contributed by atoms with Gasteiger partial charge in [-0.15, -0.1) is 11.3 Å². The molecule has 0 N–H and O–H groups in total. The molecule has 1 aromatic heterocycles. The molecule has 0 spiro atoms. The largest absolute Gasteiger partial charge is 0.462 e. The van der Waals surface area contributed by atoms with E-state index in [9.17, 15) is 4.79 Å². The monoisotopic (exact) mass is 329 g/mol. The Labute approximate surface area is 141 Å². The smallest absolute Gasteiger partial charge is 0.348 e. The maximum Gasteiger partial charge on any atom is 0.348 e. The third kappa shape index (κ3) is 3.48. The van der Waals surface area contributed by atoms with Crippen LogP contribution in [0.2, 0.25) is 0 Å². The Morgan fingerprint density at radius 3 is 2.74 bits per heavy atom. The lowest BCUT2D eigenvalue weighted by Gasteiger charge is -2.38. The molecule has 0 unspecified atom stereocenters. The van der Waals surface area contributed by atoms with Crippen LogP contribution in [0.15, 0.2) is 36.4 Å². The number of hydrogen-bond donors (Lipinski definition) is 0. The third-order valence-corrected chi connectivity index (χ3v) is 5.69. The topological polar surface area (TPSA) is 29.5 Å². The number of hydrogen-bond acceptors (Lipinski definition) is 4. The molecule has 0 bridgehead atoms. The molecule has 3 rings (SSSR count). The summed E-state index contributed by atoms with van der Waals surface area (Å²) in [7, 11) is 0. The van der Waals surface area contributed by atoms with Crippen molar-refractivity contribution in [2.45, 2.75) is 39.3 Å². The van der Waals surface area contributed by atoms with Gasteiger partial charge in [0.15, 0.2) is 0 Å². The fraction of sp³-hybridized carbons (Fsp3) is 0.421. The average Bonchev–Trinajstić information content (AvgIpc) is 2.93. The van der Waals surface area contributed by atoms with Crippen molar-refractivity contribution in [1.82, 2.24) is 4.90 Å². The quantitative estimate of drug-likeness (QED) is 0.787. The molecule has 4 heteroatoms. The standard InChI is InChI=1S/C19H23NO2S/c1-4-22-18(21)16-10-15-12-20(11-14-8-6-5-7-9-14)13-19(2,3)17(15)23-16/h5-10H,4,11-13H2,1-3H3. The summed E-state index contributed by atoms with van der Waals surface area (Å²) in [5.41, 5.74) is 2.65. The lowest BCUT2D eigenvalue weighted by atomic mass is 9.85. The van der Waals surface area contributed by atoms with Gasteiger partial charge in [-0.3, -0.25) is 4.90 Å². The first kappa shape index (κ1) is 16.2. The molecule has 122 valence electrons. The third-order valence-electron chi connectivity index (χ3n) is 4.16. The van der Waals surface area contributed by atoms with E-state index >= 15 is 0 Å². The van der Waals surface area contributed by atoms with Crippen molar-refractivity contribution in [3.05, 3.63) is 57.3 Å². The van der Waals surface area contributed by atoms with Gasteiger partial charge in [0.05, 0.1) is 6.61 Å². The number of esters is 1. The number of carbonyl (C=O) groups excluding carboxylic acids is 1. The van der Waals surface area contributed by atoms with Crippen molar-refractivity contribution < 1.29 is 9.53 Å². The highest BCUT2D eigenvalue weighted by Gasteiger charge is 2.34. The minimum absolute atomic E-state index is 0.0533. The first-order chi connectivity index (χ1) is 11.0. The molecular weight excluding hydrogens is 306 g/mol. The summed E-state index contributed by atoms with van der Waals surface area (Å²) in [5.74, 6) is -0.197. The molecule has 0 saturated carbocycles. The fourth-order valence-electron chi connectivity index (χ4n) is 3.30. The molecule has 0 fully saturated rings. The summed E-state index contributed by atoms with van der Waals surface area (Å²) in [5, 5.41) is 0. The van der Waals surface area contributed by atoms with E-state index in [1.165, 1.54) is 16.0 Å². The SMILES string of the molecule is CCOC(=O)c1cc2c(s1)C(C)(C)CN(Cc1ccccc1)C2. The lowest BCUT2D eigenvalue weighted by Crippen LogP contribution is -2.40. The predicted molar refractivity (Wildman–Crippen MR) is 93.9 cm³/mol. The Hall–Kier alpha value is -1.65. The summed E-state index contributed by atoms with van der Waals surface area (Å²) in [6.07, 6.45) is 0. The zero-order valence-corrected chi connectivity index (χ0v) is 14.8. The van der Waals surface area contributed by atoms with Crippen molar-refractivity contribution in [2.24, 2.45) is 0 Å². The molecule has 0 atom stereocenters. The maximum absolute atomic E-state index is 12.0. The number of carbonyl (C=O) groups is 1. The Bertz CT molecular complexity index is 691. The first-order valence-electron chi connectivity index (χ1n) is 8.06. The van der Waals surface area contributed by atoms with Gasteiger partial charge >= 0.3 is 5.97 Å².